The van der Waals surface area contributed by atoms with Crippen molar-refractivity contribution in [2.24, 2.45) is 5.92 Å². The number of rotatable bonds is 4. The molecule has 0 unspecified atom stereocenters. The maximum absolute atomic E-state index is 4.99. The molecule has 0 spiro atoms. The zero-order valence-electron chi connectivity index (χ0n) is 9.53. The number of hydrogen-bond acceptors (Lipinski definition) is 5. The van der Waals surface area contributed by atoms with Crippen molar-refractivity contribution in [3.8, 4) is 0 Å². The molecule has 4 nitrogen and oxygen atoms in total. The molecule has 0 saturated carbocycles. The quantitative estimate of drug-likeness (QED) is 0.814. The first-order chi connectivity index (χ1) is 7.78. The van der Waals surface area contributed by atoms with Crippen LogP contribution in [0.5, 0.6) is 0 Å². The maximum Gasteiger partial charge on any atom is 0.204 e. The molecule has 2 heterocycles. The minimum Gasteiger partial charge on any atom is -0.360 e. The molecule has 2 N–H and O–H groups in total. The lowest BCUT2D eigenvalue weighted by Crippen LogP contribution is -2.35. The van der Waals surface area contributed by atoms with Crippen LogP contribution in [0.3, 0.4) is 0 Å². The van der Waals surface area contributed by atoms with Gasteiger partial charge in [0.25, 0.3) is 0 Å². The van der Waals surface area contributed by atoms with E-state index < -0.39 is 0 Å². The summed E-state index contributed by atoms with van der Waals surface area (Å²) >= 11 is 6.50. The number of nitrogens with zero attached hydrogens (tertiary/aromatic N) is 2. The zero-order chi connectivity index (χ0) is 11.4. The van der Waals surface area contributed by atoms with E-state index >= 15 is 0 Å². The van der Waals surface area contributed by atoms with Gasteiger partial charge < -0.3 is 10.2 Å². The minimum absolute atomic E-state index is 0.739. The average molecular weight is 258 g/mol. The van der Waals surface area contributed by atoms with Crippen LogP contribution in [0.4, 0.5) is 5.13 Å². The molecule has 1 fully saturated rings. The zero-order valence-corrected chi connectivity index (χ0v) is 11.2. The van der Waals surface area contributed by atoms with E-state index in [4.69, 9.17) is 12.2 Å². The van der Waals surface area contributed by atoms with Crippen LogP contribution in [0.25, 0.3) is 0 Å². The molecule has 6 heteroatoms. The Morgan fingerprint density at radius 1 is 1.56 bits per heavy atom. The highest BCUT2D eigenvalue weighted by Crippen LogP contribution is 2.18. The number of piperidine rings is 1. The molecule has 0 aliphatic carbocycles. The monoisotopic (exact) mass is 258 g/mol. The van der Waals surface area contributed by atoms with E-state index in [0.29, 0.717) is 0 Å². The SMILES string of the molecule is CCN1CCC(CNc2n[nH]c(=S)s2)CC1. The standard InChI is InChI=1S/C10H18N4S2/c1-2-14-5-3-8(4-6-14)7-11-9-12-13-10(15)16-9/h8H,2-7H2,1H3,(H,11,12)(H,13,15). The van der Waals surface area contributed by atoms with Crippen LogP contribution >= 0.6 is 23.6 Å². The summed E-state index contributed by atoms with van der Waals surface area (Å²) in [6.07, 6.45) is 2.58. The second-order valence-electron chi connectivity index (χ2n) is 4.18. The smallest absolute Gasteiger partial charge is 0.204 e. The Morgan fingerprint density at radius 3 is 2.88 bits per heavy atom. The first-order valence-corrected chi connectivity index (χ1v) is 7.02. The second kappa shape index (κ2) is 5.75. The second-order valence-corrected chi connectivity index (χ2v) is 5.84. The number of H-pyrrole nitrogens is 1. The van der Waals surface area contributed by atoms with Crippen LogP contribution in [-0.2, 0) is 0 Å². The van der Waals surface area contributed by atoms with Crippen LogP contribution in [0.1, 0.15) is 19.8 Å². The van der Waals surface area contributed by atoms with Crippen LogP contribution in [0.2, 0.25) is 0 Å². The summed E-state index contributed by atoms with van der Waals surface area (Å²) in [6, 6.07) is 0. The van der Waals surface area contributed by atoms with Gasteiger partial charge in [0.05, 0.1) is 0 Å². The number of aromatic amines is 1. The van der Waals surface area contributed by atoms with Crippen molar-refractivity contribution in [3.05, 3.63) is 3.95 Å². The maximum atomic E-state index is 4.99. The van der Waals surface area contributed by atoms with E-state index in [-0.39, 0.29) is 0 Å². The highest BCUT2D eigenvalue weighted by Gasteiger charge is 2.17. The molecule has 16 heavy (non-hydrogen) atoms. The van der Waals surface area contributed by atoms with Crippen molar-refractivity contribution in [1.29, 1.82) is 0 Å². The fraction of sp³-hybridized carbons (Fsp3) is 0.800. The Balaban J connectivity index is 1.73. The minimum atomic E-state index is 0.739. The van der Waals surface area contributed by atoms with Gasteiger partial charge in [0.15, 0.2) is 3.95 Å². The van der Waals surface area contributed by atoms with E-state index in [1.165, 1.54) is 43.8 Å². The van der Waals surface area contributed by atoms with Gasteiger partial charge in [-0.05, 0) is 50.6 Å². The average Bonchev–Trinajstić information content (AvgIpc) is 2.73. The summed E-state index contributed by atoms with van der Waals surface area (Å²) in [4.78, 5) is 2.51. The van der Waals surface area contributed by atoms with Crippen LogP contribution in [0.15, 0.2) is 0 Å². The van der Waals surface area contributed by atoms with Gasteiger partial charge in [0.2, 0.25) is 5.13 Å². The van der Waals surface area contributed by atoms with Crippen LogP contribution < -0.4 is 5.32 Å². The highest BCUT2D eigenvalue weighted by molar-refractivity contribution is 7.73. The van der Waals surface area contributed by atoms with Crippen molar-refractivity contribution in [2.75, 3.05) is 31.5 Å². The Morgan fingerprint density at radius 2 is 2.31 bits per heavy atom. The lowest BCUT2D eigenvalue weighted by molar-refractivity contribution is 0.198. The van der Waals surface area contributed by atoms with E-state index in [9.17, 15) is 0 Å². The van der Waals surface area contributed by atoms with E-state index in [1.807, 2.05) is 0 Å². The summed E-state index contributed by atoms with van der Waals surface area (Å²) in [7, 11) is 0. The summed E-state index contributed by atoms with van der Waals surface area (Å²) in [5.41, 5.74) is 0. The molecule has 0 radical (unpaired) electrons. The van der Waals surface area contributed by atoms with Crippen molar-refractivity contribution in [3.63, 3.8) is 0 Å². The first-order valence-electron chi connectivity index (χ1n) is 5.79. The number of likely N-dealkylation sites (tertiary alicyclic amines) is 1. The highest BCUT2D eigenvalue weighted by atomic mass is 32.1. The van der Waals surface area contributed by atoms with Gasteiger partial charge in [-0.1, -0.05) is 18.3 Å². The van der Waals surface area contributed by atoms with Crippen molar-refractivity contribution in [1.82, 2.24) is 15.1 Å². The third-order valence-corrected chi connectivity index (χ3v) is 4.18. The molecule has 1 saturated heterocycles. The summed E-state index contributed by atoms with van der Waals surface area (Å²) in [5.74, 6) is 0.778. The van der Waals surface area contributed by atoms with Gasteiger partial charge in [0, 0.05) is 6.54 Å². The fourth-order valence-corrected chi connectivity index (χ4v) is 2.84. The van der Waals surface area contributed by atoms with Gasteiger partial charge in [0.1, 0.15) is 0 Å². The van der Waals surface area contributed by atoms with Crippen LogP contribution in [-0.4, -0.2) is 41.3 Å². The third kappa shape index (κ3) is 3.26. The van der Waals surface area contributed by atoms with Gasteiger partial charge in [-0.3, -0.25) is 5.10 Å². The Labute approximate surface area is 105 Å². The lowest BCUT2D eigenvalue weighted by atomic mass is 9.97. The summed E-state index contributed by atoms with van der Waals surface area (Å²) in [6.45, 7) is 6.90. The van der Waals surface area contributed by atoms with Crippen molar-refractivity contribution < 1.29 is 0 Å². The van der Waals surface area contributed by atoms with Crippen LogP contribution in [0, 0.1) is 9.87 Å². The number of hydrogen-bond donors (Lipinski definition) is 2. The number of anilines is 1. The molecule has 0 atom stereocenters. The van der Waals surface area contributed by atoms with E-state index in [0.717, 1.165) is 21.5 Å². The molecule has 1 aromatic heterocycles. The number of aromatic nitrogens is 2. The van der Waals surface area contributed by atoms with Gasteiger partial charge in [-0.25, -0.2) is 0 Å². The third-order valence-electron chi connectivity index (χ3n) is 3.13. The Bertz CT molecular complexity index is 365. The molecule has 0 amide bonds. The predicted molar refractivity (Wildman–Crippen MR) is 70.6 cm³/mol. The van der Waals surface area contributed by atoms with E-state index in [2.05, 4.69) is 27.3 Å². The summed E-state index contributed by atoms with van der Waals surface area (Å²) < 4.78 is 0.739. The molecule has 0 bridgehead atoms. The van der Waals surface area contributed by atoms with E-state index in [1.54, 1.807) is 0 Å². The Hall–Kier alpha value is -0.460. The van der Waals surface area contributed by atoms with Gasteiger partial charge in [-0.15, -0.1) is 5.10 Å². The first kappa shape index (κ1) is 12.0. The Kier molecular flexibility index (Phi) is 4.31. The molecule has 0 aromatic carbocycles. The molecule has 90 valence electrons. The largest absolute Gasteiger partial charge is 0.360 e. The normalized spacial score (nSPS) is 18.8. The molecule has 1 aromatic rings. The molecule has 2 rings (SSSR count). The lowest BCUT2D eigenvalue weighted by Gasteiger charge is -2.30. The predicted octanol–water partition coefficient (Wildman–Crippen LogP) is 2.34. The summed E-state index contributed by atoms with van der Waals surface area (Å²) in [5, 5.41) is 11.2. The van der Waals surface area contributed by atoms with Crippen molar-refractivity contribution >= 4 is 28.7 Å². The molecular formula is C10H18N4S2. The van der Waals surface area contributed by atoms with Crippen molar-refractivity contribution in [2.45, 2.75) is 19.8 Å². The molecular weight excluding hydrogens is 240 g/mol. The number of nitrogens with one attached hydrogen (secondary N) is 2. The molecule has 1 aliphatic heterocycles. The topological polar surface area (TPSA) is 44.0 Å². The molecule has 1 aliphatic rings. The fourth-order valence-electron chi connectivity index (χ4n) is 2.04. The van der Waals surface area contributed by atoms with Gasteiger partial charge >= 0.3 is 0 Å². The van der Waals surface area contributed by atoms with Gasteiger partial charge in [-0.2, -0.15) is 0 Å².